The summed E-state index contributed by atoms with van der Waals surface area (Å²) in [4.78, 5) is 0. The summed E-state index contributed by atoms with van der Waals surface area (Å²) in [6, 6.07) is 9.81. The van der Waals surface area contributed by atoms with Gasteiger partial charge in [0.1, 0.15) is 11.6 Å². The number of nitrogens with one attached hydrogen (secondary N) is 2. The molecular formula is C14H12FN3O. The molecule has 1 heterocycles. The fourth-order valence-electron chi connectivity index (χ4n) is 1.99. The van der Waals surface area contributed by atoms with Gasteiger partial charge in [0.2, 0.25) is 0 Å². The number of aromatic hydroxyl groups is 1. The monoisotopic (exact) mass is 257 g/mol. The molecule has 3 N–H and O–H groups in total. The molecule has 5 heteroatoms. The Balaban J connectivity index is 1.77. The molecule has 0 aliphatic carbocycles. The lowest BCUT2D eigenvalue weighted by atomic mass is 10.2. The number of nitrogens with zero attached hydrogens (tertiary/aromatic N) is 1. The first-order chi connectivity index (χ1) is 9.20. The van der Waals surface area contributed by atoms with Gasteiger partial charge < -0.3 is 10.4 Å². The number of H-pyrrole nitrogens is 1. The number of aromatic amines is 1. The highest BCUT2D eigenvalue weighted by atomic mass is 19.1. The first-order valence-corrected chi connectivity index (χ1v) is 5.86. The van der Waals surface area contributed by atoms with Crippen LogP contribution in [0.5, 0.6) is 5.75 Å². The third kappa shape index (κ3) is 2.49. The maximum Gasteiger partial charge on any atom is 0.127 e. The Morgan fingerprint density at radius 1 is 1.21 bits per heavy atom. The van der Waals surface area contributed by atoms with Gasteiger partial charge >= 0.3 is 0 Å². The van der Waals surface area contributed by atoms with Crippen LogP contribution in [-0.4, -0.2) is 15.3 Å². The Kier molecular flexibility index (Phi) is 2.79. The van der Waals surface area contributed by atoms with E-state index in [1.807, 2.05) is 18.2 Å². The minimum Gasteiger partial charge on any atom is -0.508 e. The zero-order chi connectivity index (χ0) is 13.2. The van der Waals surface area contributed by atoms with Gasteiger partial charge in [-0.15, -0.1) is 0 Å². The van der Waals surface area contributed by atoms with Gasteiger partial charge in [0, 0.05) is 23.7 Å². The molecule has 3 rings (SSSR count). The van der Waals surface area contributed by atoms with E-state index in [1.165, 1.54) is 12.1 Å². The van der Waals surface area contributed by atoms with Crippen molar-refractivity contribution in [2.75, 3.05) is 5.32 Å². The maximum atomic E-state index is 13.1. The number of benzene rings is 2. The van der Waals surface area contributed by atoms with Crippen LogP contribution in [0.2, 0.25) is 0 Å². The van der Waals surface area contributed by atoms with E-state index >= 15 is 0 Å². The van der Waals surface area contributed by atoms with Gasteiger partial charge in [-0.05, 0) is 35.9 Å². The van der Waals surface area contributed by atoms with E-state index in [0.717, 1.165) is 22.7 Å². The van der Waals surface area contributed by atoms with Gasteiger partial charge in [-0.3, -0.25) is 5.10 Å². The molecule has 0 spiro atoms. The summed E-state index contributed by atoms with van der Waals surface area (Å²) in [5, 5.41) is 20.3. The van der Waals surface area contributed by atoms with Gasteiger partial charge in [0.15, 0.2) is 0 Å². The smallest absolute Gasteiger partial charge is 0.127 e. The molecule has 0 aliphatic heterocycles. The van der Waals surface area contributed by atoms with Gasteiger partial charge in [0.25, 0.3) is 0 Å². The Morgan fingerprint density at radius 3 is 2.95 bits per heavy atom. The van der Waals surface area contributed by atoms with Crippen LogP contribution < -0.4 is 5.32 Å². The van der Waals surface area contributed by atoms with E-state index in [1.54, 1.807) is 6.20 Å². The summed E-state index contributed by atoms with van der Waals surface area (Å²) in [6.45, 7) is 0.439. The number of rotatable bonds is 3. The van der Waals surface area contributed by atoms with E-state index < -0.39 is 5.82 Å². The highest BCUT2D eigenvalue weighted by molar-refractivity contribution is 5.81. The zero-order valence-electron chi connectivity index (χ0n) is 10.0. The van der Waals surface area contributed by atoms with Crippen LogP contribution in [0.3, 0.4) is 0 Å². The average molecular weight is 257 g/mol. The Hall–Kier alpha value is -2.56. The van der Waals surface area contributed by atoms with Crippen molar-refractivity contribution in [1.82, 2.24) is 10.2 Å². The van der Waals surface area contributed by atoms with Gasteiger partial charge in [-0.25, -0.2) is 4.39 Å². The Bertz CT molecular complexity index is 703. The Morgan fingerprint density at radius 2 is 2.11 bits per heavy atom. The van der Waals surface area contributed by atoms with Crippen LogP contribution in [0.15, 0.2) is 42.6 Å². The van der Waals surface area contributed by atoms with Crippen LogP contribution >= 0.6 is 0 Å². The number of hydrogen-bond donors (Lipinski definition) is 3. The fraction of sp³-hybridized carbons (Fsp3) is 0.0714. The molecular weight excluding hydrogens is 245 g/mol. The molecule has 1 aromatic heterocycles. The van der Waals surface area contributed by atoms with Crippen LogP contribution in [0, 0.1) is 5.82 Å². The number of phenolic OH excluding ortho intramolecular Hbond substituents is 1. The second-order valence-corrected chi connectivity index (χ2v) is 4.34. The van der Waals surface area contributed by atoms with E-state index in [4.69, 9.17) is 0 Å². The molecule has 96 valence electrons. The molecule has 0 saturated heterocycles. The van der Waals surface area contributed by atoms with Crippen molar-refractivity contribution in [3.05, 3.63) is 54.0 Å². The highest BCUT2D eigenvalue weighted by Gasteiger charge is 2.01. The molecule has 0 atom stereocenters. The molecule has 3 aromatic rings. The maximum absolute atomic E-state index is 13.1. The van der Waals surface area contributed by atoms with Crippen molar-refractivity contribution >= 4 is 16.6 Å². The third-order valence-corrected chi connectivity index (χ3v) is 2.88. The van der Waals surface area contributed by atoms with E-state index in [9.17, 15) is 9.50 Å². The van der Waals surface area contributed by atoms with Gasteiger partial charge in [-0.1, -0.05) is 0 Å². The molecule has 0 radical (unpaired) electrons. The molecule has 0 fully saturated rings. The second kappa shape index (κ2) is 4.61. The molecule has 19 heavy (non-hydrogen) atoms. The first-order valence-electron chi connectivity index (χ1n) is 5.86. The number of aromatic nitrogens is 2. The van der Waals surface area contributed by atoms with Crippen molar-refractivity contribution in [2.45, 2.75) is 6.54 Å². The summed E-state index contributed by atoms with van der Waals surface area (Å²) in [7, 11) is 0. The summed E-state index contributed by atoms with van der Waals surface area (Å²) in [6.07, 6.45) is 1.74. The topological polar surface area (TPSA) is 60.9 Å². The molecule has 0 saturated carbocycles. The van der Waals surface area contributed by atoms with Crippen molar-refractivity contribution in [3.63, 3.8) is 0 Å². The van der Waals surface area contributed by atoms with E-state index in [2.05, 4.69) is 15.5 Å². The predicted molar refractivity (Wildman–Crippen MR) is 71.5 cm³/mol. The number of halogens is 1. The fourth-order valence-corrected chi connectivity index (χ4v) is 1.99. The number of fused-ring (bicyclic) bond motifs is 1. The van der Waals surface area contributed by atoms with Crippen molar-refractivity contribution in [2.24, 2.45) is 0 Å². The normalized spacial score (nSPS) is 10.8. The summed E-state index contributed by atoms with van der Waals surface area (Å²) in [5.74, 6) is -0.510. The molecule has 0 amide bonds. The zero-order valence-corrected chi connectivity index (χ0v) is 10.0. The van der Waals surface area contributed by atoms with Crippen LogP contribution in [0.1, 0.15) is 5.56 Å². The molecule has 0 aliphatic rings. The summed E-state index contributed by atoms with van der Waals surface area (Å²) < 4.78 is 13.1. The molecule has 0 bridgehead atoms. The predicted octanol–water partition coefficient (Wildman–Crippen LogP) is 3.02. The third-order valence-electron chi connectivity index (χ3n) is 2.88. The van der Waals surface area contributed by atoms with Crippen LogP contribution in [0.4, 0.5) is 10.1 Å². The first kappa shape index (κ1) is 11.5. The lowest BCUT2D eigenvalue weighted by Crippen LogP contribution is -1.99. The number of phenols is 1. The minimum absolute atomic E-state index is 0.0675. The quantitative estimate of drug-likeness (QED) is 0.676. The number of hydrogen-bond acceptors (Lipinski definition) is 3. The number of anilines is 1. The van der Waals surface area contributed by atoms with Crippen molar-refractivity contribution in [1.29, 1.82) is 0 Å². The Labute approximate surface area is 108 Å². The summed E-state index contributed by atoms with van der Waals surface area (Å²) >= 11 is 0. The van der Waals surface area contributed by atoms with Gasteiger partial charge in [-0.2, -0.15) is 5.10 Å². The van der Waals surface area contributed by atoms with Crippen molar-refractivity contribution in [3.8, 4) is 5.75 Å². The second-order valence-electron chi connectivity index (χ2n) is 4.34. The highest BCUT2D eigenvalue weighted by Crippen LogP contribution is 2.19. The average Bonchev–Trinajstić information content (AvgIpc) is 2.82. The lowest BCUT2D eigenvalue weighted by molar-refractivity contribution is 0.468. The summed E-state index contributed by atoms with van der Waals surface area (Å²) in [5.41, 5.74) is 2.57. The molecule has 0 unspecified atom stereocenters. The molecule has 2 aromatic carbocycles. The SMILES string of the molecule is Oc1cc(F)cc(CNc2ccc3[nH]ncc3c2)c1. The standard InChI is InChI=1S/C14H12FN3O/c15-11-3-9(4-13(19)6-11)7-16-12-1-2-14-10(5-12)8-17-18-14/h1-6,8,16,19H,7H2,(H,17,18). The van der Waals surface area contributed by atoms with Gasteiger partial charge in [0.05, 0.1) is 11.7 Å². The van der Waals surface area contributed by atoms with Crippen LogP contribution in [0.25, 0.3) is 10.9 Å². The van der Waals surface area contributed by atoms with Crippen LogP contribution in [-0.2, 0) is 6.54 Å². The van der Waals surface area contributed by atoms with Crippen molar-refractivity contribution < 1.29 is 9.50 Å². The van der Waals surface area contributed by atoms with E-state index in [0.29, 0.717) is 12.1 Å². The molecule has 4 nitrogen and oxygen atoms in total. The van der Waals surface area contributed by atoms with E-state index in [-0.39, 0.29) is 5.75 Å². The largest absolute Gasteiger partial charge is 0.508 e. The minimum atomic E-state index is -0.443. The lowest BCUT2D eigenvalue weighted by Gasteiger charge is -2.07.